The van der Waals surface area contributed by atoms with Gasteiger partial charge in [0.1, 0.15) is 11.3 Å². The van der Waals surface area contributed by atoms with Crippen LogP contribution in [-0.4, -0.2) is 33.0 Å². The minimum atomic E-state index is -0.140. The summed E-state index contributed by atoms with van der Waals surface area (Å²) in [5, 5.41) is 4.44. The van der Waals surface area contributed by atoms with E-state index in [9.17, 15) is 0 Å². The van der Waals surface area contributed by atoms with Gasteiger partial charge < -0.3 is 9.30 Å². The molecule has 0 radical (unpaired) electrons. The number of hydrogen-bond acceptors (Lipinski definition) is 3. The summed E-state index contributed by atoms with van der Waals surface area (Å²) < 4.78 is 9.56. The lowest BCUT2D eigenvalue weighted by Gasteiger charge is -2.21. The van der Waals surface area contributed by atoms with Crippen LogP contribution in [0.4, 0.5) is 0 Å². The van der Waals surface area contributed by atoms with E-state index in [1.54, 1.807) is 7.11 Å². The zero-order chi connectivity index (χ0) is 15.6. The summed E-state index contributed by atoms with van der Waals surface area (Å²) in [6.07, 6.45) is 2.98. The van der Waals surface area contributed by atoms with E-state index in [-0.39, 0.29) is 11.4 Å². The zero-order valence-electron chi connectivity index (χ0n) is 13.6. The molecule has 0 N–H and O–H groups in total. The number of alkyl halides is 1. The highest BCUT2D eigenvalue weighted by molar-refractivity contribution is 6.20. The highest BCUT2D eigenvalue weighted by Crippen LogP contribution is 2.31. The molecule has 2 heterocycles. The first-order valence-electron chi connectivity index (χ1n) is 7.61. The van der Waals surface area contributed by atoms with Crippen LogP contribution in [0.1, 0.15) is 56.6 Å². The van der Waals surface area contributed by atoms with Gasteiger partial charge >= 0.3 is 0 Å². The summed E-state index contributed by atoms with van der Waals surface area (Å²) in [5.41, 5.74) is 3.04. The Morgan fingerprint density at radius 3 is 2.57 bits per heavy atom. The maximum atomic E-state index is 6.38. The van der Waals surface area contributed by atoms with Crippen LogP contribution in [0.5, 0.6) is 0 Å². The van der Waals surface area contributed by atoms with Gasteiger partial charge in [0.05, 0.1) is 23.7 Å². The number of nitrogens with zero attached hydrogens (tertiary/aromatic N) is 4. The second-order valence-corrected chi connectivity index (χ2v) is 6.10. The highest BCUT2D eigenvalue weighted by Gasteiger charge is 2.25. The molecule has 0 aliphatic rings. The van der Waals surface area contributed by atoms with Crippen molar-refractivity contribution < 1.29 is 4.74 Å². The predicted octanol–water partition coefficient (Wildman–Crippen LogP) is 3.62. The van der Waals surface area contributed by atoms with Crippen LogP contribution in [0.3, 0.4) is 0 Å². The molecule has 0 aliphatic heterocycles. The van der Waals surface area contributed by atoms with Gasteiger partial charge in [0.15, 0.2) is 5.65 Å². The molecule has 5 nitrogen and oxygen atoms in total. The van der Waals surface area contributed by atoms with Crippen molar-refractivity contribution in [1.29, 1.82) is 0 Å². The van der Waals surface area contributed by atoms with E-state index in [0.717, 1.165) is 41.9 Å². The van der Waals surface area contributed by atoms with E-state index in [2.05, 4.69) is 23.5 Å². The Hall–Kier alpha value is -1.07. The molecule has 2 aromatic heterocycles. The minimum Gasteiger partial charge on any atom is -0.383 e. The van der Waals surface area contributed by atoms with Crippen molar-refractivity contribution >= 4 is 22.8 Å². The first-order valence-corrected chi connectivity index (χ1v) is 8.05. The largest absolute Gasteiger partial charge is 0.383 e. The van der Waals surface area contributed by atoms with Crippen molar-refractivity contribution in [2.45, 2.75) is 51.5 Å². The lowest BCUT2D eigenvalue weighted by Crippen LogP contribution is -2.19. The standard InChI is InChI=1S/C15H25ClN4O/c1-6-8-11(9-21-5)20-14(10(3)16)17-13-12(7-2)18-19(4)15(13)20/h10-11H,6-9H2,1-5H3. The van der Waals surface area contributed by atoms with Gasteiger partial charge in [-0.25, -0.2) is 4.98 Å². The number of ether oxygens (including phenoxy) is 1. The molecule has 2 aromatic rings. The fourth-order valence-corrected chi connectivity index (χ4v) is 3.06. The van der Waals surface area contributed by atoms with Gasteiger partial charge in [0, 0.05) is 14.2 Å². The molecule has 0 saturated carbocycles. The molecule has 21 heavy (non-hydrogen) atoms. The van der Waals surface area contributed by atoms with Crippen LogP contribution in [-0.2, 0) is 18.2 Å². The molecule has 118 valence electrons. The van der Waals surface area contributed by atoms with Crippen molar-refractivity contribution in [2.75, 3.05) is 13.7 Å². The van der Waals surface area contributed by atoms with Gasteiger partial charge in [-0.05, 0) is 19.8 Å². The van der Waals surface area contributed by atoms with E-state index in [0.29, 0.717) is 6.61 Å². The molecule has 0 bridgehead atoms. The Balaban J connectivity index is 2.67. The van der Waals surface area contributed by atoms with E-state index in [4.69, 9.17) is 21.3 Å². The number of imidazole rings is 1. The summed E-state index contributed by atoms with van der Waals surface area (Å²) in [6.45, 7) is 6.90. The fraction of sp³-hybridized carbons (Fsp3) is 0.733. The van der Waals surface area contributed by atoms with Gasteiger partial charge in [-0.3, -0.25) is 4.68 Å². The molecule has 2 atom stereocenters. The van der Waals surface area contributed by atoms with Gasteiger partial charge in [-0.1, -0.05) is 20.3 Å². The molecule has 0 fully saturated rings. The molecule has 0 aliphatic carbocycles. The summed E-state index contributed by atoms with van der Waals surface area (Å²) in [6, 6.07) is 0.237. The third kappa shape index (κ3) is 2.94. The average Bonchev–Trinajstić information content (AvgIpc) is 2.97. The van der Waals surface area contributed by atoms with E-state index >= 15 is 0 Å². The fourth-order valence-electron chi connectivity index (χ4n) is 2.91. The van der Waals surface area contributed by atoms with Crippen molar-refractivity contribution in [2.24, 2.45) is 7.05 Å². The number of aromatic nitrogens is 4. The molecule has 0 spiro atoms. The quantitative estimate of drug-likeness (QED) is 0.733. The van der Waals surface area contributed by atoms with Crippen LogP contribution in [0.25, 0.3) is 11.2 Å². The van der Waals surface area contributed by atoms with Crippen molar-refractivity contribution in [1.82, 2.24) is 19.3 Å². The number of hydrogen-bond donors (Lipinski definition) is 0. The number of rotatable bonds is 7. The monoisotopic (exact) mass is 312 g/mol. The molecule has 6 heteroatoms. The van der Waals surface area contributed by atoms with E-state index in [1.165, 1.54) is 0 Å². The Labute approximate surface area is 131 Å². The number of methoxy groups -OCH3 is 1. The molecule has 0 aromatic carbocycles. The van der Waals surface area contributed by atoms with Gasteiger partial charge in [0.2, 0.25) is 0 Å². The molecule has 0 saturated heterocycles. The van der Waals surface area contributed by atoms with Crippen molar-refractivity contribution in [3.8, 4) is 0 Å². The van der Waals surface area contributed by atoms with Crippen LogP contribution in [0, 0.1) is 0 Å². The molecule has 0 amide bonds. The van der Waals surface area contributed by atoms with Crippen LogP contribution in [0.2, 0.25) is 0 Å². The van der Waals surface area contributed by atoms with Crippen LogP contribution < -0.4 is 0 Å². The zero-order valence-corrected chi connectivity index (χ0v) is 14.3. The lowest BCUT2D eigenvalue weighted by atomic mass is 10.1. The third-order valence-corrected chi connectivity index (χ3v) is 4.00. The molecule has 2 rings (SSSR count). The Morgan fingerprint density at radius 2 is 2.05 bits per heavy atom. The van der Waals surface area contributed by atoms with Crippen LogP contribution in [0.15, 0.2) is 0 Å². The maximum absolute atomic E-state index is 6.38. The van der Waals surface area contributed by atoms with Crippen molar-refractivity contribution in [3.63, 3.8) is 0 Å². The van der Waals surface area contributed by atoms with Crippen LogP contribution >= 0.6 is 11.6 Å². The molecular weight excluding hydrogens is 288 g/mol. The summed E-state index contributed by atoms with van der Waals surface area (Å²) in [4.78, 5) is 4.78. The predicted molar refractivity (Wildman–Crippen MR) is 86.0 cm³/mol. The summed E-state index contributed by atoms with van der Waals surface area (Å²) >= 11 is 6.38. The summed E-state index contributed by atoms with van der Waals surface area (Å²) in [7, 11) is 3.71. The van der Waals surface area contributed by atoms with E-state index < -0.39 is 0 Å². The van der Waals surface area contributed by atoms with E-state index in [1.807, 2.05) is 18.7 Å². The Morgan fingerprint density at radius 1 is 1.33 bits per heavy atom. The Bertz CT molecular complexity index is 596. The van der Waals surface area contributed by atoms with Crippen molar-refractivity contribution in [3.05, 3.63) is 11.5 Å². The second kappa shape index (κ2) is 6.79. The van der Waals surface area contributed by atoms with Gasteiger partial charge in [0.25, 0.3) is 0 Å². The minimum absolute atomic E-state index is 0.140. The number of fused-ring (bicyclic) bond motifs is 1. The SMILES string of the molecule is CCCC(COC)n1c(C(C)Cl)nc2c(CC)nn(C)c21. The maximum Gasteiger partial charge on any atom is 0.159 e. The average molecular weight is 313 g/mol. The lowest BCUT2D eigenvalue weighted by molar-refractivity contribution is 0.150. The number of halogens is 1. The third-order valence-electron chi connectivity index (χ3n) is 3.80. The molecular formula is C15H25ClN4O. The first-order chi connectivity index (χ1) is 10.0. The highest BCUT2D eigenvalue weighted by atomic mass is 35.5. The van der Waals surface area contributed by atoms with Gasteiger partial charge in [-0.2, -0.15) is 5.10 Å². The number of aryl methyl sites for hydroxylation is 2. The molecule has 2 unspecified atom stereocenters. The first kappa shape index (κ1) is 16.3. The normalized spacial score (nSPS) is 14.8. The Kier molecular flexibility index (Phi) is 5.27. The topological polar surface area (TPSA) is 44.9 Å². The second-order valence-electron chi connectivity index (χ2n) is 5.45. The smallest absolute Gasteiger partial charge is 0.159 e. The van der Waals surface area contributed by atoms with Gasteiger partial charge in [-0.15, -0.1) is 11.6 Å². The summed E-state index contributed by atoms with van der Waals surface area (Å²) in [5.74, 6) is 0.907.